The number of nitrogens with zero attached hydrogens (tertiary/aromatic N) is 2. The van der Waals surface area contributed by atoms with Crippen LogP contribution in [0.1, 0.15) is 0 Å². The van der Waals surface area contributed by atoms with Crippen molar-refractivity contribution in [1.29, 1.82) is 0 Å². The van der Waals surface area contributed by atoms with Gasteiger partial charge < -0.3 is 19.5 Å². The van der Waals surface area contributed by atoms with Crippen LogP contribution in [0.5, 0.6) is 5.75 Å². The molecule has 1 aromatic carbocycles. The zero-order chi connectivity index (χ0) is 13.4. The monoisotopic (exact) mass is 264 g/mol. The Labute approximate surface area is 111 Å². The summed E-state index contributed by atoms with van der Waals surface area (Å²) in [5.41, 5.74) is 1.75. The van der Waals surface area contributed by atoms with E-state index in [9.17, 15) is 4.79 Å². The van der Waals surface area contributed by atoms with Crippen molar-refractivity contribution < 1.29 is 19.4 Å². The number of rotatable bonds is 2. The molecule has 0 spiro atoms. The summed E-state index contributed by atoms with van der Waals surface area (Å²) in [6.07, 6.45) is -0.879. The van der Waals surface area contributed by atoms with Gasteiger partial charge in [0.2, 0.25) is 0 Å². The van der Waals surface area contributed by atoms with Gasteiger partial charge in [-0.05, 0) is 12.1 Å². The van der Waals surface area contributed by atoms with Crippen LogP contribution in [-0.2, 0) is 4.74 Å². The Morgan fingerprint density at radius 1 is 1.47 bits per heavy atom. The van der Waals surface area contributed by atoms with Crippen molar-refractivity contribution in [2.24, 2.45) is 0 Å². The van der Waals surface area contributed by atoms with E-state index in [2.05, 4.69) is 4.90 Å². The highest BCUT2D eigenvalue weighted by Crippen LogP contribution is 2.35. The summed E-state index contributed by atoms with van der Waals surface area (Å²) < 4.78 is 10.6. The van der Waals surface area contributed by atoms with Crippen LogP contribution in [0.3, 0.4) is 0 Å². The minimum absolute atomic E-state index is 0.160. The van der Waals surface area contributed by atoms with Crippen LogP contribution in [0.2, 0.25) is 0 Å². The van der Waals surface area contributed by atoms with Gasteiger partial charge in [-0.1, -0.05) is 0 Å². The first-order valence-electron chi connectivity index (χ1n) is 6.26. The van der Waals surface area contributed by atoms with Gasteiger partial charge in [0.1, 0.15) is 18.5 Å². The van der Waals surface area contributed by atoms with Crippen molar-refractivity contribution in [2.45, 2.75) is 6.10 Å². The quantitative estimate of drug-likeness (QED) is 0.857. The molecule has 102 valence electrons. The minimum atomic E-state index is -0.452. The first-order valence-corrected chi connectivity index (χ1v) is 6.26. The molecular formula is C13H16N2O4. The molecule has 0 saturated carbocycles. The Morgan fingerprint density at radius 3 is 3.05 bits per heavy atom. The third kappa shape index (κ3) is 2.08. The molecule has 6 nitrogen and oxygen atoms in total. The average Bonchev–Trinajstić information content (AvgIpc) is 2.80. The molecule has 6 heteroatoms. The number of cyclic esters (lactones) is 1. The summed E-state index contributed by atoms with van der Waals surface area (Å²) in [5.74, 6) is 0.770. The van der Waals surface area contributed by atoms with Crippen molar-refractivity contribution in [2.75, 3.05) is 43.2 Å². The van der Waals surface area contributed by atoms with E-state index in [1.807, 2.05) is 25.2 Å². The Kier molecular flexibility index (Phi) is 2.94. The number of carbonyl (C=O) groups excluding carboxylic acids is 1. The molecule has 0 radical (unpaired) electrons. The Hall–Kier alpha value is -1.95. The molecule has 2 heterocycles. The third-order valence-corrected chi connectivity index (χ3v) is 3.43. The molecule has 2 aliphatic rings. The summed E-state index contributed by atoms with van der Waals surface area (Å²) in [4.78, 5) is 15.3. The van der Waals surface area contributed by atoms with E-state index < -0.39 is 12.2 Å². The number of fused-ring (bicyclic) bond motifs is 1. The van der Waals surface area contributed by atoms with Crippen LogP contribution in [0.4, 0.5) is 16.2 Å². The van der Waals surface area contributed by atoms with Crippen LogP contribution in [-0.4, -0.2) is 50.7 Å². The van der Waals surface area contributed by atoms with Crippen LogP contribution in [0.25, 0.3) is 0 Å². The zero-order valence-electron chi connectivity index (χ0n) is 10.7. The number of benzene rings is 1. The van der Waals surface area contributed by atoms with Gasteiger partial charge in [-0.3, -0.25) is 4.90 Å². The van der Waals surface area contributed by atoms with E-state index in [-0.39, 0.29) is 6.61 Å². The molecule has 1 saturated heterocycles. The first kappa shape index (κ1) is 12.1. The number of ether oxygens (including phenoxy) is 2. The van der Waals surface area contributed by atoms with Crippen molar-refractivity contribution in [1.82, 2.24) is 0 Å². The van der Waals surface area contributed by atoms with Gasteiger partial charge in [-0.2, -0.15) is 0 Å². The Bertz CT molecular complexity index is 505. The van der Waals surface area contributed by atoms with Gasteiger partial charge in [-0.25, -0.2) is 4.79 Å². The van der Waals surface area contributed by atoms with Crippen molar-refractivity contribution >= 4 is 17.5 Å². The summed E-state index contributed by atoms with van der Waals surface area (Å²) in [5, 5.41) is 9.04. The second-order valence-corrected chi connectivity index (χ2v) is 4.72. The smallest absolute Gasteiger partial charge is 0.414 e. The first-order chi connectivity index (χ1) is 9.19. The molecule has 3 rings (SSSR count). The fourth-order valence-corrected chi connectivity index (χ4v) is 2.34. The molecule has 0 unspecified atom stereocenters. The number of aliphatic hydroxyl groups is 1. The molecule has 1 amide bonds. The molecule has 1 N–H and O–H groups in total. The fourth-order valence-electron chi connectivity index (χ4n) is 2.34. The van der Waals surface area contributed by atoms with Crippen LogP contribution < -0.4 is 14.5 Å². The molecule has 0 aliphatic carbocycles. The van der Waals surface area contributed by atoms with Gasteiger partial charge in [0.05, 0.1) is 31.1 Å². The van der Waals surface area contributed by atoms with Crippen LogP contribution in [0.15, 0.2) is 18.2 Å². The van der Waals surface area contributed by atoms with Gasteiger partial charge >= 0.3 is 6.09 Å². The lowest BCUT2D eigenvalue weighted by atomic mass is 10.2. The molecule has 0 aromatic heterocycles. The van der Waals surface area contributed by atoms with Crippen molar-refractivity contribution in [3.8, 4) is 5.75 Å². The molecule has 2 aliphatic heterocycles. The van der Waals surface area contributed by atoms with E-state index in [4.69, 9.17) is 14.6 Å². The van der Waals surface area contributed by atoms with E-state index in [1.165, 1.54) is 4.90 Å². The number of likely N-dealkylation sites (N-methyl/N-ethyl adjacent to an activating group) is 1. The predicted octanol–water partition coefficient (Wildman–Crippen LogP) is 0.833. The topological polar surface area (TPSA) is 62.2 Å². The lowest BCUT2D eigenvalue weighted by Gasteiger charge is -2.28. The van der Waals surface area contributed by atoms with Gasteiger partial charge in [0, 0.05) is 13.1 Å². The lowest BCUT2D eigenvalue weighted by molar-refractivity contribution is 0.0963. The summed E-state index contributed by atoms with van der Waals surface area (Å²) in [6.45, 7) is 1.69. The molecular weight excluding hydrogens is 248 g/mol. The average molecular weight is 264 g/mol. The SMILES string of the molecule is CN1CCOc2cc(N3C[C@H](CO)OC3=O)ccc21. The highest BCUT2D eigenvalue weighted by atomic mass is 16.6. The third-order valence-electron chi connectivity index (χ3n) is 3.43. The van der Waals surface area contributed by atoms with E-state index in [0.717, 1.165) is 23.7 Å². The number of anilines is 2. The lowest BCUT2D eigenvalue weighted by Crippen LogP contribution is -2.29. The summed E-state index contributed by atoms with van der Waals surface area (Å²) in [6, 6.07) is 5.64. The minimum Gasteiger partial charge on any atom is -0.489 e. The Balaban J connectivity index is 1.88. The largest absolute Gasteiger partial charge is 0.489 e. The predicted molar refractivity (Wildman–Crippen MR) is 69.9 cm³/mol. The van der Waals surface area contributed by atoms with Crippen LogP contribution in [0, 0.1) is 0 Å². The number of hydrogen-bond acceptors (Lipinski definition) is 5. The molecule has 0 bridgehead atoms. The maximum Gasteiger partial charge on any atom is 0.414 e. The Morgan fingerprint density at radius 2 is 2.32 bits per heavy atom. The van der Waals surface area contributed by atoms with E-state index >= 15 is 0 Å². The molecule has 1 atom stereocenters. The maximum atomic E-state index is 11.7. The summed E-state index contributed by atoms with van der Waals surface area (Å²) >= 11 is 0. The number of amides is 1. The normalized spacial score (nSPS) is 22.0. The molecule has 19 heavy (non-hydrogen) atoms. The van der Waals surface area contributed by atoms with Gasteiger partial charge in [0.25, 0.3) is 0 Å². The maximum absolute atomic E-state index is 11.7. The summed E-state index contributed by atoms with van der Waals surface area (Å²) in [7, 11) is 2.01. The van der Waals surface area contributed by atoms with Crippen LogP contribution >= 0.6 is 0 Å². The standard InChI is InChI=1S/C13H16N2O4/c1-14-4-5-18-12-6-9(2-3-11(12)14)15-7-10(8-16)19-13(15)17/h2-3,6,10,16H,4-5,7-8H2,1H3/t10-/m1/s1. The molecule has 1 fully saturated rings. The van der Waals surface area contributed by atoms with E-state index in [0.29, 0.717) is 13.2 Å². The molecule has 1 aromatic rings. The van der Waals surface area contributed by atoms with E-state index in [1.54, 1.807) is 0 Å². The number of carbonyl (C=O) groups is 1. The highest BCUT2D eigenvalue weighted by molar-refractivity contribution is 5.90. The number of hydrogen-bond donors (Lipinski definition) is 1. The number of aliphatic hydroxyl groups excluding tert-OH is 1. The van der Waals surface area contributed by atoms with Crippen molar-refractivity contribution in [3.05, 3.63) is 18.2 Å². The zero-order valence-corrected chi connectivity index (χ0v) is 10.7. The van der Waals surface area contributed by atoms with Gasteiger partial charge in [0.15, 0.2) is 0 Å². The highest BCUT2D eigenvalue weighted by Gasteiger charge is 2.32. The second-order valence-electron chi connectivity index (χ2n) is 4.72. The van der Waals surface area contributed by atoms with Crippen molar-refractivity contribution in [3.63, 3.8) is 0 Å². The second kappa shape index (κ2) is 4.62. The van der Waals surface area contributed by atoms with Gasteiger partial charge in [-0.15, -0.1) is 0 Å². The fraction of sp³-hybridized carbons (Fsp3) is 0.462.